The molecule has 0 saturated carbocycles. The van der Waals surface area contributed by atoms with Crippen LogP contribution in [0.1, 0.15) is 11.6 Å². The van der Waals surface area contributed by atoms with E-state index in [4.69, 9.17) is 22.1 Å². The van der Waals surface area contributed by atoms with Gasteiger partial charge in [-0.05, 0) is 12.1 Å². The summed E-state index contributed by atoms with van der Waals surface area (Å²) < 4.78 is 6.26. The predicted octanol–water partition coefficient (Wildman–Crippen LogP) is 2.49. The van der Waals surface area contributed by atoms with Crippen molar-refractivity contribution in [2.24, 2.45) is 5.73 Å². The van der Waals surface area contributed by atoms with E-state index >= 15 is 0 Å². The molecular weight excluding hydrogens is 241 g/mol. The van der Waals surface area contributed by atoms with Crippen LogP contribution in [0.5, 0.6) is 5.75 Å². The molecule has 0 bridgehead atoms. The molecule has 2 nitrogen and oxygen atoms in total. The van der Waals surface area contributed by atoms with Crippen molar-refractivity contribution in [2.75, 3.05) is 6.61 Å². The summed E-state index contributed by atoms with van der Waals surface area (Å²) >= 11 is 9.28. The van der Waals surface area contributed by atoms with Gasteiger partial charge in [-0.15, -0.1) is 0 Å². The molecule has 0 radical (unpaired) electrons. The maximum Gasteiger partial charge on any atom is 0.142 e. The van der Waals surface area contributed by atoms with Crippen molar-refractivity contribution in [2.45, 2.75) is 6.04 Å². The Hall–Kier alpha value is -0.250. The Morgan fingerprint density at radius 1 is 1.58 bits per heavy atom. The van der Waals surface area contributed by atoms with Crippen LogP contribution in [-0.4, -0.2) is 6.61 Å². The van der Waals surface area contributed by atoms with Gasteiger partial charge in [0.25, 0.3) is 0 Å². The molecule has 64 valence electrons. The van der Waals surface area contributed by atoms with E-state index < -0.39 is 0 Å². The molecule has 0 fully saturated rings. The second-order valence-corrected chi connectivity index (χ2v) is 4.05. The lowest BCUT2D eigenvalue weighted by Gasteiger charge is -2.02. The first kappa shape index (κ1) is 8.35. The van der Waals surface area contributed by atoms with Gasteiger partial charge < -0.3 is 10.5 Å². The third-order valence-corrected chi connectivity index (χ3v) is 2.58. The minimum atomic E-state index is -0.0463. The lowest BCUT2D eigenvalue weighted by Crippen LogP contribution is -2.10. The molecule has 1 aromatic carbocycles. The predicted molar refractivity (Wildman–Crippen MR) is 51.6 cm³/mol. The van der Waals surface area contributed by atoms with E-state index in [-0.39, 0.29) is 6.04 Å². The minimum Gasteiger partial charge on any atom is -0.490 e. The number of fused-ring (bicyclic) bond motifs is 1. The van der Waals surface area contributed by atoms with Crippen molar-refractivity contribution in [1.29, 1.82) is 0 Å². The molecule has 2 N–H and O–H groups in total. The van der Waals surface area contributed by atoms with Crippen LogP contribution >= 0.6 is 27.5 Å². The van der Waals surface area contributed by atoms with Gasteiger partial charge in [0.15, 0.2) is 0 Å². The van der Waals surface area contributed by atoms with E-state index in [1.807, 2.05) is 6.07 Å². The van der Waals surface area contributed by atoms with Crippen LogP contribution in [-0.2, 0) is 0 Å². The molecule has 0 amide bonds. The third-order valence-electron chi connectivity index (χ3n) is 1.84. The Kier molecular flexibility index (Phi) is 2.02. The molecule has 0 saturated heterocycles. The first-order valence-corrected chi connectivity index (χ1v) is 4.73. The largest absolute Gasteiger partial charge is 0.490 e. The highest BCUT2D eigenvalue weighted by Gasteiger charge is 2.23. The average molecular weight is 249 g/mol. The SMILES string of the molecule is N[C@H]1COc2c(Cl)cc(Br)cc21. The Morgan fingerprint density at radius 3 is 3.08 bits per heavy atom. The van der Waals surface area contributed by atoms with Crippen molar-refractivity contribution in [3.63, 3.8) is 0 Å². The summed E-state index contributed by atoms with van der Waals surface area (Å²) in [7, 11) is 0. The molecular formula is C8H7BrClNO. The number of nitrogens with two attached hydrogens (primary N) is 1. The van der Waals surface area contributed by atoms with Crippen LogP contribution in [0.15, 0.2) is 16.6 Å². The first-order chi connectivity index (χ1) is 5.68. The van der Waals surface area contributed by atoms with Gasteiger partial charge in [-0.2, -0.15) is 0 Å². The Morgan fingerprint density at radius 2 is 2.33 bits per heavy atom. The molecule has 0 unspecified atom stereocenters. The standard InChI is InChI=1S/C8H7BrClNO/c9-4-1-5-7(11)3-12-8(5)6(10)2-4/h1-2,7H,3,11H2/t7-/m0/s1. The molecule has 1 aromatic rings. The van der Waals surface area contributed by atoms with Crippen molar-refractivity contribution in [3.05, 3.63) is 27.2 Å². The first-order valence-electron chi connectivity index (χ1n) is 3.56. The Balaban J connectivity index is 2.60. The van der Waals surface area contributed by atoms with Crippen LogP contribution < -0.4 is 10.5 Å². The number of rotatable bonds is 0. The molecule has 2 rings (SSSR count). The highest BCUT2D eigenvalue weighted by molar-refractivity contribution is 9.10. The van der Waals surface area contributed by atoms with Crippen LogP contribution in [0.2, 0.25) is 5.02 Å². The molecule has 0 aliphatic carbocycles. The van der Waals surface area contributed by atoms with Crippen molar-refractivity contribution < 1.29 is 4.74 Å². The van der Waals surface area contributed by atoms with Gasteiger partial charge in [-0.3, -0.25) is 0 Å². The molecule has 0 spiro atoms. The van der Waals surface area contributed by atoms with Crippen molar-refractivity contribution >= 4 is 27.5 Å². The smallest absolute Gasteiger partial charge is 0.142 e. The summed E-state index contributed by atoms with van der Waals surface area (Å²) in [5, 5.41) is 0.618. The average Bonchev–Trinajstić information content (AvgIpc) is 2.33. The lowest BCUT2D eigenvalue weighted by molar-refractivity contribution is 0.333. The topological polar surface area (TPSA) is 35.2 Å². The van der Waals surface area contributed by atoms with Gasteiger partial charge in [0.2, 0.25) is 0 Å². The number of ether oxygens (including phenoxy) is 1. The summed E-state index contributed by atoms with van der Waals surface area (Å²) in [6, 6.07) is 3.70. The zero-order valence-electron chi connectivity index (χ0n) is 6.18. The zero-order valence-corrected chi connectivity index (χ0v) is 8.52. The molecule has 0 aromatic heterocycles. The zero-order chi connectivity index (χ0) is 8.72. The fourth-order valence-corrected chi connectivity index (χ4v) is 2.16. The molecule has 1 aliphatic heterocycles. The van der Waals surface area contributed by atoms with Gasteiger partial charge in [-0.25, -0.2) is 0 Å². The van der Waals surface area contributed by atoms with E-state index in [1.165, 1.54) is 0 Å². The van der Waals surface area contributed by atoms with Gasteiger partial charge in [0, 0.05) is 10.0 Å². The van der Waals surface area contributed by atoms with E-state index in [2.05, 4.69) is 15.9 Å². The number of hydrogen-bond donors (Lipinski definition) is 1. The second kappa shape index (κ2) is 2.91. The monoisotopic (exact) mass is 247 g/mol. The summed E-state index contributed by atoms with van der Waals surface area (Å²) in [6.07, 6.45) is 0. The highest BCUT2D eigenvalue weighted by Crippen LogP contribution is 2.39. The fourth-order valence-electron chi connectivity index (χ4n) is 1.27. The number of halogens is 2. The van der Waals surface area contributed by atoms with Gasteiger partial charge >= 0.3 is 0 Å². The van der Waals surface area contributed by atoms with Crippen molar-refractivity contribution in [1.82, 2.24) is 0 Å². The van der Waals surface area contributed by atoms with Crippen LogP contribution in [0.4, 0.5) is 0 Å². The quantitative estimate of drug-likeness (QED) is 0.766. The Bertz CT molecular complexity index is 329. The minimum absolute atomic E-state index is 0.0463. The van der Waals surface area contributed by atoms with E-state index in [0.717, 1.165) is 15.8 Å². The van der Waals surface area contributed by atoms with Gasteiger partial charge in [-0.1, -0.05) is 27.5 Å². The number of hydrogen-bond acceptors (Lipinski definition) is 2. The summed E-state index contributed by atoms with van der Waals surface area (Å²) in [4.78, 5) is 0. The van der Waals surface area contributed by atoms with Gasteiger partial charge in [0.05, 0.1) is 11.1 Å². The van der Waals surface area contributed by atoms with Gasteiger partial charge in [0.1, 0.15) is 12.4 Å². The maximum absolute atomic E-state index is 5.93. The molecule has 1 heterocycles. The maximum atomic E-state index is 5.93. The summed E-state index contributed by atoms with van der Waals surface area (Å²) in [6.45, 7) is 0.519. The van der Waals surface area contributed by atoms with Crippen LogP contribution in [0.3, 0.4) is 0 Å². The Labute approximate surface area is 83.8 Å². The van der Waals surface area contributed by atoms with E-state index in [0.29, 0.717) is 11.6 Å². The van der Waals surface area contributed by atoms with Crippen LogP contribution in [0, 0.1) is 0 Å². The lowest BCUT2D eigenvalue weighted by atomic mass is 10.1. The number of benzene rings is 1. The summed E-state index contributed by atoms with van der Waals surface area (Å²) in [5.74, 6) is 0.729. The second-order valence-electron chi connectivity index (χ2n) is 2.72. The van der Waals surface area contributed by atoms with E-state index in [9.17, 15) is 0 Å². The van der Waals surface area contributed by atoms with Crippen LogP contribution in [0.25, 0.3) is 0 Å². The molecule has 4 heteroatoms. The summed E-state index contributed by atoms with van der Waals surface area (Å²) in [5.41, 5.74) is 6.76. The fraction of sp³-hybridized carbons (Fsp3) is 0.250. The van der Waals surface area contributed by atoms with E-state index in [1.54, 1.807) is 6.07 Å². The third kappa shape index (κ3) is 1.22. The molecule has 1 atom stereocenters. The molecule has 1 aliphatic rings. The molecule has 12 heavy (non-hydrogen) atoms. The van der Waals surface area contributed by atoms with Crippen molar-refractivity contribution in [3.8, 4) is 5.75 Å². The normalized spacial score (nSPS) is 20.4. The highest BCUT2D eigenvalue weighted by atomic mass is 79.9.